The van der Waals surface area contributed by atoms with Gasteiger partial charge in [-0.1, -0.05) is 35.4 Å². The van der Waals surface area contributed by atoms with E-state index in [0.717, 1.165) is 11.3 Å². The molecule has 0 saturated carbocycles. The summed E-state index contributed by atoms with van der Waals surface area (Å²) >= 11 is 0. The molecule has 1 aromatic heterocycles. The maximum absolute atomic E-state index is 14.3. The minimum Gasteiger partial charge on any atom is -0.497 e. The minimum absolute atomic E-state index is 0.0148. The molecule has 2 aromatic carbocycles. The largest absolute Gasteiger partial charge is 0.497 e. The lowest BCUT2D eigenvalue weighted by Gasteiger charge is -2.31. The van der Waals surface area contributed by atoms with E-state index in [0.29, 0.717) is 17.9 Å². The average Bonchev–Trinajstić information content (AvgIpc) is 3.10. The van der Waals surface area contributed by atoms with E-state index in [4.69, 9.17) is 4.74 Å². The lowest BCUT2D eigenvalue weighted by atomic mass is 9.93. The van der Waals surface area contributed by atoms with Crippen molar-refractivity contribution in [1.82, 2.24) is 20.2 Å². The maximum Gasteiger partial charge on any atom is 0.243 e. The highest BCUT2D eigenvalue weighted by atomic mass is 19.1. The van der Waals surface area contributed by atoms with Crippen molar-refractivity contribution in [3.8, 4) is 5.75 Å². The van der Waals surface area contributed by atoms with Crippen LogP contribution in [0, 0.1) is 5.82 Å². The van der Waals surface area contributed by atoms with Gasteiger partial charge >= 0.3 is 0 Å². The van der Waals surface area contributed by atoms with Gasteiger partial charge in [-0.3, -0.25) is 0 Å². The molecule has 7 heteroatoms. The molecule has 0 aliphatic carbocycles. The number of nitrogens with one attached hydrogen (secondary N) is 1. The number of hydrogen-bond donors (Lipinski definition) is 1. The summed E-state index contributed by atoms with van der Waals surface area (Å²) in [5.41, 5.74) is 1.66. The number of aromatic nitrogens is 4. The zero-order chi connectivity index (χ0) is 16.5. The summed E-state index contributed by atoms with van der Waals surface area (Å²) in [6.45, 7) is 0. The highest BCUT2D eigenvalue weighted by Crippen LogP contribution is 2.38. The van der Waals surface area contributed by atoms with Gasteiger partial charge in [0.15, 0.2) is 0 Å². The number of tetrazole rings is 1. The standard InChI is InChI=1S/C17H16FN5O/c1-24-12-8-6-11(7-9-12)15-10-16(13-4-2-3-5-14(13)18)23-17(19-15)20-21-22-23/h2-9,15-16H,10H2,1H3,(H,19,20,22)/t15-,16+/m0/s1. The Labute approximate surface area is 138 Å². The molecule has 0 radical (unpaired) electrons. The topological polar surface area (TPSA) is 64.9 Å². The number of methoxy groups -OCH3 is 1. The summed E-state index contributed by atoms with van der Waals surface area (Å²) in [5.74, 6) is 1.08. The summed E-state index contributed by atoms with van der Waals surface area (Å²) in [5, 5.41) is 15.1. The molecule has 3 aromatic rings. The first kappa shape index (κ1) is 14.6. The van der Waals surface area contributed by atoms with Gasteiger partial charge in [-0.25, -0.2) is 9.07 Å². The molecule has 0 unspecified atom stereocenters. The summed E-state index contributed by atoms with van der Waals surface area (Å²) in [6, 6.07) is 14.3. The van der Waals surface area contributed by atoms with Crippen LogP contribution in [0.1, 0.15) is 29.6 Å². The van der Waals surface area contributed by atoms with Crippen molar-refractivity contribution in [3.63, 3.8) is 0 Å². The van der Waals surface area contributed by atoms with Gasteiger partial charge < -0.3 is 10.1 Å². The maximum atomic E-state index is 14.3. The smallest absolute Gasteiger partial charge is 0.243 e. The molecule has 2 heterocycles. The minimum atomic E-state index is -0.260. The van der Waals surface area contributed by atoms with E-state index >= 15 is 0 Å². The van der Waals surface area contributed by atoms with Gasteiger partial charge in [0.1, 0.15) is 11.6 Å². The van der Waals surface area contributed by atoms with Crippen molar-refractivity contribution in [2.75, 3.05) is 12.4 Å². The summed E-state index contributed by atoms with van der Waals surface area (Å²) < 4.78 is 21.1. The SMILES string of the molecule is COc1ccc([C@@H]2C[C@H](c3ccccc3F)n3nnnc3N2)cc1. The van der Waals surface area contributed by atoms with Crippen LogP contribution in [0.4, 0.5) is 10.3 Å². The Morgan fingerprint density at radius 3 is 2.71 bits per heavy atom. The lowest BCUT2D eigenvalue weighted by molar-refractivity contribution is 0.406. The van der Waals surface area contributed by atoms with Crippen molar-refractivity contribution in [2.24, 2.45) is 0 Å². The van der Waals surface area contributed by atoms with Gasteiger partial charge in [0.05, 0.1) is 19.2 Å². The lowest BCUT2D eigenvalue weighted by Crippen LogP contribution is -2.28. The molecule has 4 rings (SSSR count). The first-order valence-electron chi connectivity index (χ1n) is 7.69. The molecular formula is C17H16FN5O. The average molecular weight is 325 g/mol. The zero-order valence-electron chi connectivity index (χ0n) is 13.1. The summed E-state index contributed by atoms with van der Waals surface area (Å²) in [4.78, 5) is 0. The third-order valence-electron chi connectivity index (χ3n) is 4.33. The van der Waals surface area contributed by atoms with Gasteiger partial charge in [0.25, 0.3) is 0 Å². The van der Waals surface area contributed by atoms with Crippen LogP contribution >= 0.6 is 0 Å². The van der Waals surface area contributed by atoms with E-state index in [1.54, 1.807) is 23.9 Å². The molecule has 2 atom stereocenters. The van der Waals surface area contributed by atoms with E-state index in [-0.39, 0.29) is 17.9 Å². The van der Waals surface area contributed by atoms with Gasteiger partial charge in [-0.15, -0.1) is 0 Å². The quantitative estimate of drug-likeness (QED) is 0.802. The number of hydrogen-bond acceptors (Lipinski definition) is 5. The molecule has 24 heavy (non-hydrogen) atoms. The summed E-state index contributed by atoms with van der Waals surface area (Å²) in [7, 11) is 1.64. The Balaban J connectivity index is 1.72. The number of ether oxygens (including phenoxy) is 1. The zero-order valence-corrected chi connectivity index (χ0v) is 13.1. The fourth-order valence-electron chi connectivity index (χ4n) is 3.10. The van der Waals surface area contributed by atoms with Gasteiger partial charge in [0, 0.05) is 5.56 Å². The number of rotatable bonds is 3. The molecule has 0 amide bonds. The second-order valence-electron chi connectivity index (χ2n) is 5.69. The number of fused-ring (bicyclic) bond motifs is 1. The fraction of sp³-hybridized carbons (Fsp3) is 0.235. The molecule has 122 valence electrons. The van der Waals surface area contributed by atoms with Crippen molar-refractivity contribution in [1.29, 1.82) is 0 Å². The first-order chi connectivity index (χ1) is 11.8. The van der Waals surface area contributed by atoms with Crippen LogP contribution in [-0.2, 0) is 0 Å². The number of halogens is 1. The van der Waals surface area contributed by atoms with Crippen LogP contribution in [0.3, 0.4) is 0 Å². The Hall–Kier alpha value is -2.96. The molecule has 0 saturated heterocycles. The normalized spacial score (nSPS) is 19.4. The second kappa shape index (κ2) is 5.92. The van der Waals surface area contributed by atoms with Crippen LogP contribution in [0.2, 0.25) is 0 Å². The Morgan fingerprint density at radius 1 is 1.17 bits per heavy atom. The Kier molecular flexibility index (Phi) is 3.60. The van der Waals surface area contributed by atoms with E-state index in [2.05, 4.69) is 20.8 Å². The number of nitrogens with zero attached hydrogens (tertiary/aromatic N) is 4. The second-order valence-corrected chi connectivity index (χ2v) is 5.69. The molecule has 6 nitrogen and oxygen atoms in total. The van der Waals surface area contributed by atoms with Crippen LogP contribution in [0.15, 0.2) is 48.5 Å². The van der Waals surface area contributed by atoms with E-state index < -0.39 is 0 Å². The predicted octanol–water partition coefficient (Wildman–Crippen LogP) is 2.97. The Bertz CT molecular complexity index is 848. The summed E-state index contributed by atoms with van der Waals surface area (Å²) in [6.07, 6.45) is 0.644. The third kappa shape index (κ3) is 2.47. The van der Waals surface area contributed by atoms with Gasteiger partial charge in [0.2, 0.25) is 5.95 Å². The Morgan fingerprint density at radius 2 is 1.96 bits per heavy atom. The van der Waals surface area contributed by atoms with E-state index in [1.165, 1.54) is 6.07 Å². The van der Waals surface area contributed by atoms with Crippen LogP contribution in [0.5, 0.6) is 5.75 Å². The van der Waals surface area contributed by atoms with Crippen LogP contribution in [-0.4, -0.2) is 27.3 Å². The first-order valence-corrected chi connectivity index (χ1v) is 7.69. The van der Waals surface area contributed by atoms with Crippen LogP contribution < -0.4 is 10.1 Å². The van der Waals surface area contributed by atoms with E-state index in [9.17, 15) is 4.39 Å². The number of anilines is 1. The highest BCUT2D eigenvalue weighted by Gasteiger charge is 2.31. The molecule has 0 spiro atoms. The van der Waals surface area contributed by atoms with Crippen LogP contribution in [0.25, 0.3) is 0 Å². The van der Waals surface area contributed by atoms with Crippen molar-refractivity contribution in [2.45, 2.75) is 18.5 Å². The number of benzene rings is 2. The molecule has 0 bridgehead atoms. The molecule has 0 fully saturated rings. The highest BCUT2D eigenvalue weighted by molar-refractivity contribution is 5.39. The third-order valence-corrected chi connectivity index (χ3v) is 4.33. The monoisotopic (exact) mass is 325 g/mol. The molecular weight excluding hydrogens is 309 g/mol. The van der Waals surface area contributed by atoms with Crippen molar-refractivity contribution >= 4 is 5.95 Å². The molecule has 1 N–H and O–H groups in total. The van der Waals surface area contributed by atoms with E-state index in [1.807, 2.05) is 30.3 Å². The fourth-order valence-corrected chi connectivity index (χ4v) is 3.10. The van der Waals surface area contributed by atoms with Crippen molar-refractivity contribution in [3.05, 3.63) is 65.5 Å². The predicted molar refractivity (Wildman–Crippen MR) is 86.3 cm³/mol. The molecule has 1 aliphatic heterocycles. The molecule has 1 aliphatic rings. The van der Waals surface area contributed by atoms with Gasteiger partial charge in [-0.2, -0.15) is 0 Å². The van der Waals surface area contributed by atoms with Crippen molar-refractivity contribution < 1.29 is 9.13 Å². The van der Waals surface area contributed by atoms with Gasteiger partial charge in [-0.05, 0) is 40.6 Å².